The Labute approximate surface area is 171 Å². The molecule has 0 unspecified atom stereocenters. The maximum Gasteiger partial charge on any atom is 0.242 e. The first-order valence-corrected chi connectivity index (χ1v) is 10.8. The van der Waals surface area contributed by atoms with E-state index in [-0.39, 0.29) is 10.8 Å². The maximum atomic E-state index is 13.0. The molecule has 0 bridgehead atoms. The first kappa shape index (κ1) is 21.4. The van der Waals surface area contributed by atoms with Crippen molar-refractivity contribution in [1.29, 1.82) is 0 Å². The summed E-state index contributed by atoms with van der Waals surface area (Å²) in [6.45, 7) is 2.83. The van der Waals surface area contributed by atoms with Crippen LogP contribution in [-0.4, -0.2) is 73.7 Å². The molecule has 10 heteroatoms. The average Bonchev–Trinajstić information content (AvgIpc) is 3.13. The van der Waals surface area contributed by atoms with Gasteiger partial charge >= 0.3 is 0 Å². The molecule has 158 valence electrons. The molecule has 0 spiro atoms. The van der Waals surface area contributed by atoms with Crippen LogP contribution in [0.2, 0.25) is 0 Å². The van der Waals surface area contributed by atoms with Gasteiger partial charge in [-0.05, 0) is 17.7 Å². The van der Waals surface area contributed by atoms with Gasteiger partial charge in [0, 0.05) is 52.5 Å². The molecule has 1 aromatic heterocycles. The Morgan fingerprint density at radius 3 is 2.45 bits per heavy atom. The highest BCUT2D eigenvalue weighted by atomic mass is 32.2. The zero-order valence-corrected chi connectivity index (χ0v) is 17.7. The summed E-state index contributed by atoms with van der Waals surface area (Å²) in [6.07, 6.45) is 3.56. The quantitative estimate of drug-likeness (QED) is 0.693. The summed E-state index contributed by atoms with van der Waals surface area (Å²) in [6, 6.07) is 6.09. The summed E-state index contributed by atoms with van der Waals surface area (Å²) in [7, 11) is 1.34. The molecule has 1 saturated heterocycles. The summed E-state index contributed by atoms with van der Waals surface area (Å²) in [5.41, 5.74) is 1.65. The fraction of sp³-hybridized carbons (Fsp3) is 0.474. The minimum atomic E-state index is -3.47. The lowest BCUT2D eigenvalue weighted by Gasteiger charge is -2.33. The minimum Gasteiger partial charge on any atom is -0.379 e. The van der Waals surface area contributed by atoms with E-state index in [0.29, 0.717) is 32.8 Å². The number of ether oxygens (including phenoxy) is 1. The van der Waals surface area contributed by atoms with Gasteiger partial charge in [-0.25, -0.2) is 12.7 Å². The van der Waals surface area contributed by atoms with Crippen molar-refractivity contribution in [1.82, 2.24) is 24.3 Å². The van der Waals surface area contributed by atoms with Gasteiger partial charge in [0.2, 0.25) is 15.9 Å². The second-order valence-electron chi connectivity index (χ2n) is 7.15. The lowest BCUT2D eigenvalue weighted by Crippen LogP contribution is -2.45. The molecule has 3 rings (SSSR count). The van der Waals surface area contributed by atoms with Crippen LogP contribution in [0.1, 0.15) is 17.2 Å². The van der Waals surface area contributed by atoms with Crippen LogP contribution < -0.4 is 5.32 Å². The highest BCUT2D eigenvalue weighted by molar-refractivity contribution is 7.89. The zero-order valence-electron chi connectivity index (χ0n) is 16.9. The third-order valence-electron chi connectivity index (χ3n) is 4.87. The first-order valence-electron chi connectivity index (χ1n) is 9.38. The molecule has 1 N–H and O–H groups in total. The molecule has 1 amide bonds. The van der Waals surface area contributed by atoms with Crippen LogP contribution in [0, 0.1) is 0 Å². The number of amides is 1. The lowest BCUT2D eigenvalue weighted by atomic mass is 10.1. The van der Waals surface area contributed by atoms with Gasteiger partial charge < -0.3 is 10.1 Å². The van der Waals surface area contributed by atoms with E-state index in [2.05, 4.69) is 15.3 Å². The molecule has 0 aliphatic carbocycles. The molecular weight excluding hydrogens is 394 g/mol. The Morgan fingerprint density at radius 2 is 1.90 bits per heavy atom. The predicted octanol–water partition coefficient (Wildman–Crippen LogP) is 0.360. The predicted molar refractivity (Wildman–Crippen MR) is 108 cm³/mol. The number of aryl methyl sites for hydroxylation is 1. The average molecular weight is 422 g/mol. The van der Waals surface area contributed by atoms with Crippen LogP contribution in [-0.2, 0) is 33.1 Å². The summed E-state index contributed by atoms with van der Waals surface area (Å²) in [4.78, 5) is 15.3. The third-order valence-corrected chi connectivity index (χ3v) is 6.70. The SMILES string of the molecule is CN(C)S(=O)(=O)c1ccc(CNC(=O)[C@H](c2cnn(C)c2)N2CCOCC2)cc1. The lowest BCUT2D eigenvalue weighted by molar-refractivity contribution is -0.128. The van der Waals surface area contributed by atoms with Crippen molar-refractivity contribution in [3.05, 3.63) is 47.8 Å². The van der Waals surface area contributed by atoms with Crippen molar-refractivity contribution in [2.75, 3.05) is 40.4 Å². The van der Waals surface area contributed by atoms with E-state index in [1.165, 1.54) is 18.4 Å². The van der Waals surface area contributed by atoms with Crippen molar-refractivity contribution in [3.8, 4) is 0 Å². The Morgan fingerprint density at radius 1 is 1.24 bits per heavy atom. The van der Waals surface area contributed by atoms with Gasteiger partial charge in [-0.15, -0.1) is 0 Å². The number of rotatable bonds is 7. The van der Waals surface area contributed by atoms with Crippen LogP contribution >= 0.6 is 0 Å². The topological polar surface area (TPSA) is 96.8 Å². The molecular formula is C19H27N5O4S. The molecule has 1 aliphatic heterocycles. The maximum absolute atomic E-state index is 13.0. The standard InChI is InChI=1S/C19H27N5O4S/c1-22(2)29(26,27)17-6-4-15(5-7-17)12-20-19(25)18(16-13-21-23(3)14-16)24-8-10-28-11-9-24/h4-7,13-14,18H,8-12H2,1-3H3,(H,20,25)/t18-/m0/s1. The third kappa shape index (κ3) is 5.02. The smallest absolute Gasteiger partial charge is 0.242 e. The Balaban J connectivity index is 1.70. The van der Waals surface area contributed by atoms with Gasteiger partial charge in [-0.1, -0.05) is 12.1 Å². The van der Waals surface area contributed by atoms with Crippen LogP contribution in [0.4, 0.5) is 0 Å². The van der Waals surface area contributed by atoms with Crippen molar-refractivity contribution >= 4 is 15.9 Å². The molecule has 1 aliphatic rings. The van der Waals surface area contributed by atoms with Crippen LogP contribution in [0.5, 0.6) is 0 Å². The van der Waals surface area contributed by atoms with Gasteiger partial charge in [0.1, 0.15) is 6.04 Å². The van der Waals surface area contributed by atoms with Gasteiger partial charge in [0.05, 0.1) is 24.3 Å². The fourth-order valence-corrected chi connectivity index (χ4v) is 4.12. The van der Waals surface area contributed by atoms with E-state index < -0.39 is 16.1 Å². The molecule has 0 radical (unpaired) electrons. The van der Waals surface area contributed by atoms with E-state index in [1.807, 2.05) is 13.2 Å². The highest BCUT2D eigenvalue weighted by Gasteiger charge is 2.30. The van der Waals surface area contributed by atoms with Crippen molar-refractivity contribution in [2.45, 2.75) is 17.5 Å². The van der Waals surface area contributed by atoms with Crippen LogP contribution in [0.25, 0.3) is 0 Å². The van der Waals surface area contributed by atoms with Crippen LogP contribution in [0.3, 0.4) is 0 Å². The summed E-state index contributed by atoms with van der Waals surface area (Å²) in [5.74, 6) is -0.120. The Bertz CT molecular complexity index is 934. The van der Waals surface area contributed by atoms with Crippen molar-refractivity contribution in [2.24, 2.45) is 7.05 Å². The molecule has 2 heterocycles. The number of nitrogens with one attached hydrogen (secondary N) is 1. The Kier molecular flexibility index (Phi) is 6.68. The number of carbonyl (C=O) groups is 1. The number of carbonyl (C=O) groups excluding carboxylic acids is 1. The van der Waals surface area contributed by atoms with E-state index in [0.717, 1.165) is 11.1 Å². The number of morpholine rings is 1. The number of benzene rings is 1. The fourth-order valence-electron chi connectivity index (χ4n) is 3.22. The monoisotopic (exact) mass is 421 g/mol. The zero-order chi connectivity index (χ0) is 21.0. The van der Waals surface area contributed by atoms with Gasteiger partial charge in [-0.2, -0.15) is 5.10 Å². The molecule has 2 aromatic rings. The molecule has 9 nitrogen and oxygen atoms in total. The Hall–Kier alpha value is -2.27. The van der Waals surface area contributed by atoms with E-state index >= 15 is 0 Å². The minimum absolute atomic E-state index is 0.120. The van der Waals surface area contributed by atoms with Crippen molar-refractivity contribution in [3.63, 3.8) is 0 Å². The number of hydrogen-bond donors (Lipinski definition) is 1. The molecule has 29 heavy (non-hydrogen) atoms. The van der Waals surface area contributed by atoms with Crippen LogP contribution in [0.15, 0.2) is 41.6 Å². The van der Waals surface area contributed by atoms with E-state index in [9.17, 15) is 13.2 Å². The van der Waals surface area contributed by atoms with Crippen molar-refractivity contribution < 1.29 is 17.9 Å². The van der Waals surface area contributed by atoms with Gasteiger partial charge in [0.15, 0.2) is 0 Å². The summed E-state index contributed by atoms with van der Waals surface area (Å²) in [5, 5.41) is 7.16. The molecule has 1 aromatic carbocycles. The second-order valence-corrected chi connectivity index (χ2v) is 9.30. The molecule has 1 fully saturated rings. The number of nitrogens with zero attached hydrogens (tertiary/aromatic N) is 4. The summed E-state index contributed by atoms with van der Waals surface area (Å²) < 4.78 is 32.6. The highest BCUT2D eigenvalue weighted by Crippen LogP contribution is 2.22. The summed E-state index contributed by atoms with van der Waals surface area (Å²) >= 11 is 0. The van der Waals surface area contributed by atoms with E-state index in [4.69, 9.17) is 4.74 Å². The van der Waals surface area contributed by atoms with E-state index in [1.54, 1.807) is 35.1 Å². The van der Waals surface area contributed by atoms with Gasteiger partial charge in [-0.3, -0.25) is 14.4 Å². The molecule has 1 atom stereocenters. The normalized spacial score (nSPS) is 16.7. The number of aromatic nitrogens is 2. The largest absolute Gasteiger partial charge is 0.379 e. The first-order chi connectivity index (χ1) is 13.8. The number of sulfonamides is 1. The second kappa shape index (κ2) is 9.04. The van der Waals surface area contributed by atoms with Gasteiger partial charge in [0.25, 0.3) is 0 Å². The molecule has 0 saturated carbocycles. The number of hydrogen-bond acceptors (Lipinski definition) is 6.